The number of hydrazine groups is 1. The predicted octanol–water partition coefficient (Wildman–Crippen LogP) is 0.311. The number of rotatable bonds is 5. The van der Waals surface area contributed by atoms with Crippen LogP contribution in [0.25, 0.3) is 0 Å². The summed E-state index contributed by atoms with van der Waals surface area (Å²) in [5, 5.41) is 2.96. The largest absolute Gasteiger partial charge is 0.353 e. The number of nitrogens with one attached hydrogen (secondary N) is 3. The van der Waals surface area contributed by atoms with Gasteiger partial charge in [0.25, 0.3) is 0 Å². The zero-order chi connectivity index (χ0) is 15.4. The summed E-state index contributed by atoms with van der Waals surface area (Å²) in [7, 11) is 0. The van der Waals surface area contributed by atoms with Crippen molar-refractivity contribution in [3.8, 4) is 0 Å². The van der Waals surface area contributed by atoms with Gasteiger partial charge in [0.05, 0.1) is 0 Å². The first-order valence-electron chi connectivity index (χ1n) is 7.40. The number of hydrogen-bond donors (Lipinski definition) is 3. The normalized spacial score (nSPS) is 21.0. The Hall–Kier alpha value is -2.25. The van der Waals surface area contributed by atoms with Gasteiger partial charge in [-0.15, -0.1) is 0 Å². The Bertz CT molecular complexity index is 626. The van der Waals surface area contributed by atoms with Crippen LogP contribution in [0.3, 0.4) is 0 Å². The lowest BCUT2D eigenvalue weighted by molar-refractivity contribution is -0.122. The van der Waals surface area contributed by atoms with E-state index in [0.29, 0.717) is 13.0 Å². The molecule has 2 aromatic heterocycles. The molecule has 0 spiro atoms. The fourth-order valence-electron chi connectivity index (χ4n) is 2.59. The molecule has 7 nitrogen and oxygen atoms in total. The van der Waals surface area contributed by atoms with Crippen molar-refractivity contribution in [2.75, 3.05) is 6.54 Å². The molecule has 1 aliphatic rings. The summed E-state index contributed by atoms with van der Waals surface area (Å²) in [6.45, 7) is 3.26. The van der Waals surface area contributed by atoms with Crippen molar-refractivity contribution in [1.29, 1.82) is 0 Å². The monoisotopic (exact) mass is 300 g/mol. The summed E-state index contributed by atoms with van der Waals surface area (Å²) in [6, 6.07) is 3.79. The third-order valence-electron chi connectivity index (χ3n) is 3.88. The molecule has 0 radical (unpaired) electrons. The van der Waals surface area contributed by atoms with Crippen LogP contribution in [0, 0.1) is 6.92 Å². The fourth-order valence-corrected chi connectivity index (χ4v) is 2.59. The number of pyridine rings is 1. The van der Waals surface area contributed by atoms with Gasteiger partial charge in [0.1, 0.15) is 11.9 Å². The molecule has 1 fully saturated rings. The lowest BCUT2D eigenvalue weighted by Crippen LogP contribution is -2.44. The van der Waals surface area contributed by atoms with E-state index < -0.39 is 0 Å². The Labute approximate surface area is 129 Å². The third-order valence-corrected chi connectivity index (χ3v) is 3.88. The topological polar surface area (TPSA) is 83.9 Å². The average molecular weight is 300 g/mol. The lowest BCUT2D eigenvalue weighted by Gasteiger charge is -2.11. The molecule has 116 valence electrons. The zero-order valence-corrected chi connectivity index (χ0v) is 12.5. The predicted molar refractivity (Wildman–Crippen MR) is 81.6 cm³/mol. The Morgan fingerprint density at radius 1 is 1.45 bits per heavy atom. The van der Waals surface area contributed by atoms with Crippen LogP contribution >= 0.6 is 0 Å². The Morgan fingerprint density at radius 3 is 3.09 bits per heavy atom. The SMILES string of the molecule is Cc1nccn1CCNC(=O)C1CC(c2cccnc2)NN1. The fraction of sp³-hybridized carbons (Fsp3) is 0.400. The molecule has 22 heavy (non-hydrogen) atoms. The summed E-state index contributed by atoms with van der Waals surface area (Å²) < 4.78 is 2.01. The maximum absolute atomic E-state index is 12.2. The zero-order valence-electron chi connectivity index (χ0n) is 12.5. The van der Waals surface area contributed by atoms with Crippen molar-refractivity contribution in [1.82, 2.24) is 30.7 Å². The number of amides is 1. The van der Waals surface area contributed by atoms with Crippen molar-refractivity contribution in [2.45, 2.75) is 32.0 Å². The Morgan fingerprint density at radius 2 is 2.36 bits per heavy atom. The molecule has 2 aromatic rings. The van der Waals surface area contributed by atoms with Crippen LogP contribution in [-0.2, 0) is 11.3 Å². The minimum atomic E-state index is -0.228. The molecule has 1 amide bonds. The van der Waals surface area contributed by atoms with Crippen LogP contribution in [0.5, 0.6) is 0 Å². The van der Waals surface area contributed by atoms with E-state index in [9.17, 15) is 4.79 Å². The van der Waals surface area contributed by atoms with Crippen molar-refractivity contribution in [3.63, 3.8) is 0 Å². The highest BCUT2D eigenvalue weighted by atomic mass is 16.2. The third kappa shape index (κ3) is 3.32. The number of aromatic nitrogens is 3. The standard InChI is InChI=1S/C15H20N6O/c1-11-17-5-7-21(11)8-6-18-15(22)14-9-13(19-20-14)12-3-2-4-16-10-12/h2-5,7,10,13-14,19-20H,6,8-9H2,1H3,(H,18,22). The van der Waals surface area contributed by atoms with Gasteiger partial charge in [0.15, 0.2) is 0 Å². The maximum Gasteiger partial charge on any atom is 0.238 e. The molecule has 0 aliphatic carbocycles. The first-order chi connectivity index (χ1) is 10.7. The van der Waals surface area contributed by atoms with E-state index in [1.54, 1.807) is 12.4 Å². The molecule has 0 bridgehead atoms. The Kier molecular flexibility index (Phi) is 4.45. The first-order valence-corrected chi connectivity index (χ1v) is 7.40. The summed E-state index contributed by atoms with van der Waals surface area (Å²) in [5.41, 5.74) is 7.28. The van der Waals surface area contributed by atoms with Gasteiger partial charge in [-0.1, -0.05) is 6.07 Å². The Balaban J connectivity index is 1.46. The van der Waals surface area contributed by atoms with Gasteiger partial charge in [-0.3, -0.25) is 9.78 Å². The van der Waals surface area contributed by atoms with Gasteiger partial charge in [0.2, 0.25) is 5.91 Å². The molecular weight excluding hydrogens is 280 g/mol. The van der Waals surface area contributed by atoms with Crippen molar-refractivity contribution < 1.29 is 4.79 Å². The molecule has 3 rings (SSSR count). The molecule has 2 atom stereocenters. The first kappa shape index (κ1) is 14.7. The van der Waals surface area contributed by atoms with Crippen LogP contribution in [-0.4, -0.2) is 33.0 Å². The lowest BCUT2D eigenvalue weighted by atomic mass is 10.0. The molecule has 3 heterocycles. The maximum atomic E-state index is 12.2. The van der Waals surface area contributed by atoms with Gasteiger partial charge in [-0.2, -0.15) is 0 Å². The van der Waals surface area contributed by atoms with Crippen LogP contribution in [0.2, 0.25) is 0 Å². The van der Waals surface area contributed by atoms with Gasteiger partial charge >= 0.3 is 0 Å². The van der Waals surface area contributed by atoms with Crippen LogP contribution in [0.15, 0.2) is 36.9 Å². The highest BCUT2D eigenvalue weighted by Gasteiger charge is 2.29. The number of carbonyl (C=O) groups excluding carboxylic acids is 1. The van der Waals surface area contributed by atoms with Crippen molar-refractivity contribution in [2.24, 2.45) is 0 Å². The average Bonchev–Trinajstić information content (AvgIpc) is 3.18. The molecule has 0 saturated carbocycles. The molecular formula is C15H20N6O. The van der Waals surface area contributed by atoms with Crippen LogP contribution in [0.1, 0.15) is 23.9 Å². The highest BCUT2D eigenvalue weighted by molar-refractivity contribution is 5.82. The molecule has 3 N–H and O–H groups in total. The summed E-state index contributed by atoms with van der Waals surface area (Å²) in [6.07, 6.45) is 7.95. The van der Waals surface area contributed by atoms with Gasteiger partial charge in [-0.05, 0) is 25.0 Å². The summed E-state index contributed by atoms with van der Waals surface area (Å²) in [5.74, 6) is 0.961. The molecule has 7 heteroatoms. The van der Waals surface area contributed by atoms with Gasteiger partial charge in [0, 0.05) is 43.9 Å². The second-order valence-electron chi connectivity index (χ2n) is 5.37. The van der Waals surface area contributed by atoms with Gasteiger partial charge in [-0.25, -0.2) is 15.8 Å². The number of imidazole rings is 1. The molecule has 1 aliphatic heterocycles. The van der Waals surface area contributed by atoms with E-state index in [-0.39, 0.29) is 18.0 Å². The van der Waals surface area contributed by atoms with E-state index in [1.165, 1.54) is 0 Å². The van der Waals surface area contributed by atoms with E-state index >= 15 is 0 Å². The quantitative estimate of drug-likeness (QED) is 0.740. The van der Waals surface area contributed by atoms with Gasteiger partial charge < -0.3 is 9.88 Å². The molecule has 0 aromatic carbocycles. The summed E-state index contributed by atoms with van der Waals surface area (Å²) in [4.78, 5) is 20.4. The van der Waals surface area contributed by atoms with E-state index in [2.05, 4.69) is 26.1 Å². The van der Waals surface area contributed by atoms with Crippen LogP contribution < -0.4 is 16.2 Å². The smallest absolute Gasteiger partial charge is 0.238 e. The number of aryl methyl sites for hydroxylation is 1. The second kappa shape index (κ2) is 6.67. The summed E-state index contributed by atoms with van der Waals surface area (Å²) >= 11 is 0. The van der Waals surface area contributed by atoms with Crippen molar-refractivity contribution in [3.05, 3.63) is 48.3 Å². The van der Waals surface area contributed by atoms with E-state index in [4.69, 9.17) is 0 Å². The van der Waals surface area contributed by atoms with Crippen molar-refractivity contribution >= 4 is 5.91 Å². The van der Waals surface area contributed by atoms with E-state index in [1.807, 2.05) is 36.0 Å². The minimum absolute atomic E-state index is 0.0108. The van der Waals surface area contributed by atoms with Crippen LogP contribution in [0.4, 0.5) is 0 Å². The number of carbonyl (C=O) groups is 1. The van der Waals surface area contributed by atoms with E-state index in [0.717, 1.165) is 17.9 Å². The molecule has 1 saturated heterocycles. The highest BCUT2D eigenvalue weighted by Crippen LogP contribution is 2.21. The second-order valence-corrected chi connectivity index (χ2v) is 5.37. The number of hydrogen-bond acceptors (Lipinski definition) is 5. The minimum Gasteiger partial charge on any atom is -0.353 e. The molecule has 2 unspecified atom stereocenters. The number of nitrogens with zero attached hydrogens (tertiary/aromatic N) is 3.